The summed E-state index contributed by atoms with van der Waals surface area (Å²) in [5.74, 6) is 1.46. The minimum absolute atomic E-state index is 0.0363. The highest BCUT2D eigenvalue weighted by atomic mass is 16.5. The van der Waals surface area contributed by atoms with Crippen molar-refractivity contribution in [2.24, 2.45) is 0 Å². The number of para-hydroxylation sites is 1. The van der Waals surface area contributed by atoms with E-state index < -0.39 is 0 Å². The van der Waals surface area contributed by atoms with E-state index in [1.807, 2.05) is 23.1 Å². The minimum Gasteiger partial charge on any atom is -0.496 e. The van der Waals surface area contributed by atoms with Crippen molar-refractivity contribution >= 4 is 5.91 Å². The highest BCUT2D eigenvalue weighted by molar-refractivity contribution is 5.92. The third kappa shape index (κ3) is 4.36. The van der Waals surface area contributed by atoms with Crippen LogP contribution in [0, 0.1) is 0 Å². The summed E-state index contributed by atoms with van der Waals surface area (Å²) < 4.78 is 11.1. The highest BCUT2D eigenvalue weighted by Gasteiger charge is 2.31. The fraction of sp³-hybridized carbons (Fsp3) is 0.524. The van der Waals surface area contributed by atoms with Gasteiger partial charge in [-0.2, -0.15) is 0 Å². The van der Waals surface area contributed by atoms with Crippen molar-refractivity contribution in [2.75, 3.05) is 40.3 Å². The van der Waals surface area contributed by atoms with Gasteiger partial charge in [-0.1, -0.05) is 18.2 Å². The van der Waals surface area contributed by atoms with Crippen molar-refractivity contribution in [3.63, 3.8) is 0 Å². The monoisotopic (exact) mass is 384 g/mol. The first kappa shape index (κ1) is 19.0. The molecule has 0 N–H and O–H groups in total. The molecule has 1 aliphatic heterocycles. The van der Waals surface area contributed by atoms with Crippen LogP contribution in [0.15, 0.2) is 34.9 Å². The number of benzene rings is 1. The quantitative estimate of drug-likeness (QED) is 0.730. The summed E-state index contributed by atoms with van der Waals surface area (Å²) >= 11 is 0. The fourth-order valence-corrected chi connectivity index (χ4v) is 3.63. The Labute approximate surface area is 165 Å². The van der Waals surface area contributed by atoms with Gasteiger partial charge < -0.3 is 19.0 Å². The van der Waals surface area contributed by atoms with Crippen LogP contribution in [-0.4, -0.2) is 72.0 Å². The molecule has 1 aliphatic carbocycles. The molecule has 1 aromatic carbocycles. The molecule has 4 rings (SSSR count). The normalized spacial score (nSPS) is 17.9. The summed E-state index contributed by atoms with van der Waals surface area (Å²) in [4.78, 5) is 23.6. The second-order valence-corrected chi connectivity index (χ2v) is 7.67. The van der Waals surface area contributed by atoms with Gasteiger partial charge in [0.25, 0.3) is 5.91 Å². The van der Waals surface area contributed by atoms with Gasteiger partial charge in [-0.15, -0.1) is 0 Å². The second-order valence-electron chi connectivity index (χ2n) is 7.67. The third-order valence-corrected chi connectivity index (χ3v) is 5.53. The van der Waals surface area contributed by atoms with Crippen molar-refractivity contribution in [2.45, 2.75) is 32.0 Å². The maximum absolute atomic E-state index is 12.7. The predicted molar refractivity (Wildman–Crippen MR) is 105 cm³/mol. The minimum atomic E-state index is -0.0363. The number of likely N-dealkylation sites (N-methyl/N-ethyl adjacent to an activating group) is 1. The van der Waals surface area contributed by atoms with Crippen LogP contribution in [0.2, 0.25) is 0 Å². The molecule has 7 heteroatoms. The molecule has 2 heterocycles. The average molecular weight is 384 g/mol. The van der Waals surface area contributed by atoms with Crippen molar-refractivity contribution in [1.29, 1.82) is 0 Å². The summed E-state index contributed by atoms with van der Waals surface area (Å²) in [5, 5.41) is 0. The van der Waals surface area contributed by atoms with E-state index in [9.17, 15) is 4.79 Å². The first-order valence-corrected chi connectivity index (χ1v) is 9.92. The number of methoxy groups -OCH3 is 1. The number of hydrogen-bond acceptors (Lipinski definition) is 6. The van der Waals surface area contributed by atoms with E-state index in [2.05, 4.69) is 27.9 Å². The zero-order valence-electron chi connectivity index (χ0n) is 16.6. The number of aromatic nitrogens is 1. The summed E-state index contributed by atoms with van der Waals surface area (Å²) in [5.41, 5.74) is 1.56. The smallest absolute Gasteiger partial charge is 0.275 e. The number of amides is 1. The zero-order valence-corrected chi connectivity index (χ0v) is 16.6. The lowest BCUT2D eigenvalue weighted by molar-refractivity contribution is 0.0658. The average Bonchev–Trinajstić information content (AvgIpc) is 3.47. The summed E-state index contributed by atoms with van der Waals surface area (Å²) in [7, 11) is 3.77. The Bertz CT molecular complexity index is 809. The van der Waals surface area contributed by atoms with Crippen LogP contribution in [0.4, 0.5) is 0 Å². The van der Waals surface area contributed by atoms with Gasteiger partial charge in [0.15, 0.2) is 5.69 Å². The van der Waals surface area contributed by atoms with Crippen LogP contribution in [0.1, 0.15) is 34.8 Å². The van der Waals surface area contributed by atoms with E-state index in [1.165, 1.54) is 19.1 Å². The molecular formula is C21H28N4O3. The topological polar surface area (TPSA) is 62.1 Å². The van der Waals surface area contributed by atoms with E-state index in [1.54, 1.807) is 7.11 Å². The Kier molecular flexibility index (Phi) is 5.64. The zero-order chi connectivity index (χ0) is 19.5. The van der Waals surface area contributed by atoms with Crippen molar-refractivity contribution < 1.29 is 13.9 Å². The number of hydrogen-bond donors (Lipinski definition) is 0. The van der Waals surface area contributed by atoms with Crippen molar-refractivity contribution in [1.82, 2.24) is 19.7 Å². The Balaban J connectivity index is 1.42. The van der Waals surface area contributed by atoms with Crippen LogP contribution >= 0.6 is 0 Å². The number of rotatable bonds is 7. The van der Waals surface area contributed by atoms with E-state index >= 15 is 0 Å². The van der Waals surface area contributed by atoms with E-state index in [-0.39, 0.29) is 5.91 Å². The molecule has 0 spiro atoms. The van der Waals surface area contributed by atoms with E-state index in [0.29, 0.717) is 24.2 Å². The SMILES string of the molecule is COc1ccccc1CN(Cc1nc(C(=O)N2CCN(C)CC2)co1)C1CC1. The number of oxazole rings is 1. The number of carbonyl (C=O) groups excluding carboxylic acids is 1. The van der Waals surface area contributed by atoms with Gasteiger partial charge >= 0.3 is 0 Å². The maximum atomic E-state index is 12.7. The first-order valence-electron chi connectivity index (χ1n) is 9.92. The van der Waals surface area contributed by atoms with Crippen molar-refractivity contribution in [3.8, 4) is 5.75 Å². The molecule has 2 aliphatic rings. The largest absolute Gasteiger partial charge is 0.496 e. The maximum Gasteiger partial charge on any atom is 0.275 e. The Morgan fingerprint density at radius 1 is 1.21 bits per heavy atom. The number of piperazine rings is 1. The molecule has 150 valence electrons. The number of carbonyl (C=O) groups is 1. The Hall–Kier alpha value is -2.38. The Morgan fingerprint density at radius 3 is 2.68 bits per heavy atom. The van der Waals surface area contributed by atoms with Gasteiger partial charge in [0.05, 0.1) is 13.7 Å². The second kappa shape index (κ2) is 8.32. The number of nitrogens with zero attached hydrogens (tertiary/aromatic N) is 4. The highest BCUT2D eigenvalue weighted by Crippen LogP contribution is 2.31. The molecule has 0 radical (unpaired) electrons. The molecule has 0 unspecified atom stereocenters. The fourth-order valence-electron chi connectivity index (χ4n) is 3.63. The lowest BCUT2D eigenvalue weighted by Crippen LogP contribution is -2.47. The third-order valence-electron chi connectivity index (χ3n) is 5.53. The summed E-state index contributed by atoms with van der Waals surface area (Å²) in [6, 6.07) is 8.62. The van der Waals surface area contributed by atoms with Crippen LogP contribution < -0.4 is 4.74 Å². The van der Waals surface area contributed by atoms with E-state index in [0.717, 1.165) is 44.0 Å². The summed E-state index contributed by atoms with van der Waals surface area (Å²) in [6.45, 7) is 4.63. The lowest BCUT2D eigenvalue weighted by Gasteiger charge is -2.31. The lowest BCUT2D eigenvalue weighted by atomic mass is 10.2. The van der Waals surface area contributed by atoms with Gasteiger partial charge in [-0.3, -0.25) is 9.69 Å². The number of ether oxygens (including phenoxy) is 1. The van der Waals surface area contributed by atoms with Gasteiger partial charge in [0.1, 0.15) is 12.0 Å². The molecule has 1 amide bonds. The van der Waals surface area contributed by atoms with Crippen molar-refractivity contribution in [3.05, 3.63) is 47.7 Å². The standard InChI is InChI=1S/C21H28N4O3/c1-23-9-11-24(12-10-23)21(26)18-15-28-20(22-18)14-25(17-7-8-17)13-16-5-3-4-6-19(16)27-2/h3-6,15,17H,7-14H2,1-2H3. The van der Waals surface area contributed by atoms with Gasteiger partial charge in [0.2, 0.25) is 5.89 Å². The van der Waals surface area contributed by atoms with Gasteiger partial charge in [-0.25, -0.2) is 4.98 Å². The molecule has 7 nitrogen and oxygen atoms in total. The molecular weight excluding hydrogens is 356 g/mol. The van der Waals surface area contributed by atoms with Crippen LogP contribution in [0.25, 0.3) is 0 Å². The molecule has 1 aromatic heterocycles. The molecule has 2 fully saturated rings. The molecule has 0 atom stereocenters. The molecule has 1 saturated carbocycles. The molecule has 28 heavy (non-hydrogen) atoms. The first-order chi connectivity index (χ1) is 13.6. The van der Waals surface area contributed by atoms with Crippen LogP contribution in [0.5, 0.6) is 5.75 Å². The predicted octanol–water partition coefficient (Wildman–Crippen LogP) is 2.24. The van der Waals surface area contributed by atoms with E-state index in [4.69, 9.17) is 9.15 Å². The van der Waals surface area contributed by atoms with Crippen LogP contribution in [-0.2, 0) is 13.1 Å². The van der Waals surface area contributed by atoms with Gasteiger partial charge in [0, 0.05) is 44.3 Å². The van der Waals surface area contributed by atoms with Crippen LogP contribution in [0.3, 0.4) is 0 Å². The molecule has 2 aromatic rings. The molecule has 0 bridgehead atoms. The summed E-state index contributed by atoms with van der Waals surface area (Å²) in [6.07, 6.45) is 3.87. The van der Waals surface area contributed by atoms with Gasteiger partial charge in [-0.05, 0) is 26.0 Å². The Morgan fingerprint density at radius 2 is 1.96 bits per heavy atom. The molecule has 1 saturated heterocycles.